The summed E-state index contributed by atoms with van der Waals surface area (Å²) in [5, 5.41) is 8.07. The van der Waals surface area contributed by atoms with Gasteiger partial charge in [0.05, 0.1) is 13.7 Å². The zero-order valence-electron chi connectivity index (χ0n) is 10.7. The molecule has 96 valence electrons. The Morgan fingerprint density at radius 2 is 1.94 bits per heavy atom. The van der Waals surface area contributed by atoms with Crippen molar-refractivity contribution < 1.29 is 9.47 Å². The molecule has 0 N–H and O–H groups in total. The normalized spacial score (nSPS) is 10.6. The van der Waals surface area contributed by atoms with Gasteiger partial charge in [-0.1, -0.05) is 12.1 Å². The predicted octanol–water partition coefficient (Wildman–Crippen LogP) is 1.52. The van der Waals surface area contributed by atoms with E-state index in [1.54, 1.807) is 20.5 Å². The third-order valence-corrected chi connectivity index (χ3v) is 2.75. The molecule has 0 radical (unpaired) electrons. The second kappa shape index (κ2) is 6.16. The number of benzene rings is 1. The van der Waals surface area contributed by atoms with E-state index in [0.29, 0.717) is 6.61 Å². The molecule has 0 unspecified atom stereocenters. The number of rotatable bonds is 6. The Morgan fingerprint density at radius 1 is 1.17 bits per heavy atom. The van der Waals surface area contributed by atoms with Crippen LogP contribution in [0.1, 0.15) is 11.4 Å². The molecule has 0 aliphatic heterocycles. The topological polar surface area (TPSA) is 49.2 Å². The van der Waals surface area contributed by atoms with Crippen molar-refractivity contribution in [3.8, 4) is 5.75 Å². The monoisotopic (exact) mass is 247 g/mol. The van der Waals surface area contributed by atoms with Gasteiger partial charge in [0.15, 0.2) is 0 Å². The van der Waals surface area contributed by atoms with Gasteiger partial charge in [0.25, 0.3) is 0 Å². The smallest absolute Gasteiger partial charge is 0.137 e. The lowest BCUT2D eigenvalue weighted by atomic mass is 10.1. The largest absolute Gasteiger partial charge is 0.497 e. The van der Waals surface area contributed by atoms with Crippen molar-refractivity contribution in [2.45, 2.75) is 13.0 Å². The van der Waals surface area contributed by atoms with E-state index in [2.05, 4.69) is 10.2 Å². The highest BCUT2D eigenvalue weighted by atomic mass is 16.5. The molecular formula is C13H17N3O2. The Hall–Kier alpha value is -1.88. The van der Waals surface area contributed by atoms with Gasteiger partial charge in [0.1, 0.15) is 17.9 Å². The number of methoxy groups -OCH3 is 2. The van der Waals surface area contributed by atoms with Crippen molar-refractivity contribution >= 4 is 0 Å². The van der Waals surface area contributed by atoms with Crippen LogP contribution in [0.2, 0.25) is 0 Å². The van der Waals surface area contributed by atoms with Gasteiger partial charge in [-0.25, -0.2) is 0 Å². The molecule has 1 aromatic carbocycles. The van der Waals surface area contributed by atoms with Crippen LogP contribution in [0.4, 0.5) is 0 Å². The minimum absolute atomic E-state index is 0.660. The van der Waals surface area contributed by atoms with Crippen molar-refractivity contribution in [2.24, 2.45) is 0 Å². The zero-order valence-corrected chi connectivity index (χ0v) is 10.7. The molecule has 0 aliphatic rings. The van der Waals surface area contributed by atoms with E-state index in [9.17, 15) is 0 Å². The number of ether oxygens (including phenoxy) is 2. The SMILES string of the molecule is COCCn1cnnc1Cc1ccc(OC)cc1. The summed E-state index contributed by atoms with van der Waals surface area (Å²) in [6.07, 6.45) is 2.49. The van der Waals surface area contributed by atoms with E-state index < -0.39 is 0 Å². The van der Waals surface area contributed by atoms with Crippen LogP contribution in [-0.2, 0) is 17.7 Å². The average Bonchev–Trinajstić information content (AvgIpc) is 2.84. The van der Waals surface area contributed by atoms with Gasteiger partial charge in [-0.15, -0.1) is 10.2 Å². The Labute approximate surface area is 106 Å². The molecule has 5 heteroatoms. The fraction of sp³-hybridized carbons (Fsp3) is 0.385. The van der Waals surface area contributed by atoms with Gasteiger partial charge >= 0.3 is 0 Å². The summed E-state index contributed by atoms with van der Waals surface area (Å²) < 4.78 is 12.2. The minimum atomic E-state index is 0.660. The number of hydrogen-bond donors (Lipinski definition) is 0. The molecule has 0 fully saturated rings. The third-order valence-electron chi connectivity index (χ3n) is 2.75. The van der Waals surface area contributed by atoms with E-state index in [0.717, 1.165) is 24.5 Å². The molecule has 0 bridgehead atoms. The standard InChI is InChI=1S/C13H17N3O2/c1-17-8-7-16-10-14-15-13(16)9-11-3-5-12(18-2)6-4-11/h3-6,10H,7-9H2,1-2H3. The second-order valence-corrected chi connectivity index (χ2v) is 3.96. The highest BCUT2D eigenvalue weighted by Gasteiger charge is 2.05. The van der Waals surface area contributed by atoms with E-state index in [1.165, 1.54) is 5.56 Å². The lowest BCUT2D eigenvalue weighted by molar-refractivity contribution is 0.186. The van der Waals surface area contributed by atoms with Crippen molar-refractivity contribution in [3.05, 3.63) is 42.0 Å². The first kappa shape index (κ1) is 12.6. The Kier molecular flexibility index (Phi) is 4.30. The van der Waals surface area contributed by atoms with Gasteiger partial charge in [-0.05, 0) is 17.7 Å². The van der Waals surface area contributed by atoms with Crippen LogP contribution in [0.15, 0.2) is 30.6 Å². The summed E-state index contributed by atoms with van der Waals surface area (Å²) in [5.74, 6) is 1.80. The molecule has 0 atom stereocenters. The van der Waals surface area contributed by atoms with Gasteiger partial charge in [-0.2, -0.15) is 0 Å². The molecule has 1 aromatic heterocycles. The third kappa shape index (κ3) is 3.07. The molecule has 2 aromatic rings. The molecule has 0 aliphatic carbocycles. The van der Waals surface area contributed by atoms with Crippen LogP contribution in [-0.4, -0.2) is 35.6 Å². The van der Waals surface area contributed by atoms with Gasteiger partial charge in [0, 0.05) is 20.1 Å². The maximum Gasteiger partial charge on any atom is 0.137 e. The van der Waals surface area contributed by atoms with Crippen molar-refractivity contribution in [2.75, 3.05) is 20.8 Å². The van der Waals surface area contributed by atoms with Crippen LogP contribution < -0.4 is 4.74 Å². The first-order valence-corrected chi connectivity index (χ1v) is 5.82. The molecule has 0 saturated heterocycles. The predicted molar refractivity (Wildman–Crippen MR) is 67.7 cm³/mol. The van der Waals surface area contributed by atoms with E-state index in [1.807, 2.05) is 28.8 Å². The van der Waals surface area contributed by atoms with Crippen LogP contribution in [0.5, 0.6) is 5.75 Å². The maximum absolute atomic E-state index is 5.13. The lowest BCUT2D eigenvalue weighted by Gasteiger charge is -2.06. The summed E-state index contributed by atoms with van der Waals surface area (Å²) in [4.78, 5) is 0. The molecule has 0 amide bonds. The summed E-state index contributed by atoms with van der Waals surface area (Å²) >= 11 is 0. The van der Waals surface area contributed by atoms with Crippen molar-refractivity contribution in [1.29, 1.82) is 0 Å². The highest BCUT2D eigenvalue weighted by molar-refractivity contribution is 5.28. The molecule has 0 saturated carbocycles. The Balaban J connectivity index is 2.05. The fourth-order valence-corrected chi connectivity index (χ4v) is 1.72. The van der Waals surface area contributed by atoms with E-state index >= 15 is 0 Å². The molecule has 2 rings (SSSR count). The first-order valence-electron chi connectivity index (χ1n) is 5.82. The van der Waals surface area contributed by atoms with Crippen LogP contribution in [0.25, 0.3) is 0 Å². The first-order chi connectivity index (χ1) is 8.83. The van der Waals surface area contributed by atoms with Crippen LogP contribution in [0.3, 0.4) is 0 Å². The maximum atomic E-state index is 5.13. The van der Waals surface area contributed by atoms with Crippen LogP contribution >= 0.6 is 0 Å². The average molecular weight is 247 g/mol. The van der Waals surface area contributed by atoms with Crippen molar-refractivity contribution in [1.82, 2.24) is 14.8 Å². The minimum Gasteiger partial charge on any atom is -0.497 e. The highest BCUT2D eigenvalue weighted by Crippen LogP contribution is 2.13. The van der Waals surface area contributed by atoms with Gasteiger partial charge in [-0.3, -0.25) is 0 Å². The molecule has 0 spiro atoms. The van der Waals surface area contributed by atoms with Gasteiger partial charge in [0.2, 0.25) is 0 Å². The van der Waals surface area contributed by atoms with Crippen LogP contribution in [0, 0.1) is 0 Å². The fourth-order valence-electron chi connectivity index (χ4n) is 1.72. The quantitative estimate of drug-likeness (QED) is 0.776. The summed E-state index contributed by atoms with van der Waals surface area (Å²) in [6.45, 7) is 1.43. The number of aromatic nitrogens is 3. The molecule has 1 heterocycles. The molecular weight excluding hydrogens is 230 g/mol. The summed E-state index contributed by atoms with van der Waals surface area (Å²) in [6, 6.07) is 7.97. The van der Waals surface area contributed by atoms with Gasteiger partial charge < -0.3 is 14.0 Å². The number of hydrogen-bond acceptors (Lipinski definition) is 4. The summed E-state index contributed by atoms with van der Waals surface area (Å²) in [7, 11) is 3.35. The number of nitrogens with zero attached hydrogens (tertiary/aromatic N) is 3. The van der Waals surface area contributed by atoms with E-state index in [-0.39, 0.29) is 0 Å². The Morgan fingerprint density at radius 3 is 2.61 bits per heavy atom. The zero-order chi connectivity index (χ0) is 12.8. The second-order valence-electron chi connectivity index (χ2n) is 3.96. The molecule has 18 heavy (non-hydrogen) atoms. The molecule has 5 nitrogen and oxygen atoms in total. The van der Waals surface area contributed by atoms with Crippen molar-refractivity contribution in [3.63, 3.8) is 0 Å². The summed E-state index contributed by atoms with van der Waals surface area (Å²) in [5.41, 5.74) is 1.18. The lowest BCUT2D eigenvalue weighted by Crippen LogP contribution is -2.08. The van der Waals surface area contributed by atoms with E-state index in [4.69, 9.17) is 9.47 Å². The Bertz CT molecular complexity index is 479.